The number of benzene rings is 2. The Balaban J connectivity index is 2.40. The summed E-state index contributed by atoms with van der Waals surface area (Å²) in [5.74, 6) is 1.17. The molecule has 24 heavy (non-hydrogen) atoms. The van der Waals surface area contributed by atoms with Crippen LogP contribution in [-0.4, -0.2) is 18.3 Å². The van der Waals surface area contributed by atoms with Crippen LogP contribution in [0, 0.1) is 0 Å². The summed E-state index contributed by atoms with van der Waals surface area (Å²) in [6.07, 6.45) is 0. The normalized spacial score (nSPS) is 10.8. The molecule has 0 fully saturated rings. The van der Waals surface area contributed by atoms with Crippen molar-refractivity contribution in [3.05, 3.63) is 58.8 Å². The summed E-state index contributed by atoms with van der Waals surface area (Å²) in [7, 11) is 1.57. The second-order valence-electron chi connectivity index (χ2n) is 5.46. The van der Waals surface area contributed by atoms with Crippen molar-refractivity contribution in [3.63, 3.8) is 0 Å². The van der Waals surface area contributed by atoms with E-state index < -0.39 is 0 Å². The van der Waals surface area contributed by atoms with Crippen LogP contribution in [0.1, 0.15) is 13.8 Å². The van der Waals surface area contributed by atoms with E-state index in [0.717, 1.165) is 23.5 Å². The lowest BCUT2D eigenvalue weighted by atomic mass is 10.0. The third-order valence-corrected chi connectivity index (χ3v) is 4.07. The van der Waals surface area contributed by atoms with E-state index in [0.29, 0.717) is 23.7 Å². The van der Waals surface area contributed by atoms with Crippen molar-refractivity contribution < 1.29 is 9.47 Å². The molecular formula is C20H21NO3. The van der Waals surface area contributed by atoms with Gasteiger partial charge >= 0.3 is 0 Å². The van der Waals surface area contributed by atoms with Gasteiger partial charge in [0.05, 0.1) is 30.7 Å². The number of fused-ring (bicyclic) bond motifs is 1. The number of nitrogens with zero attached hydrogens (tertiary/aromatic N) is 1. The zero-order valence-corrected chi connectivity index (χ0v) is 14.2. The SMILES string of the molecule is CCOc1cc(-c2ccccc2)n(CC)c2cc(OC)cc(=O)c1-2. The van der Waals surface area contributed by atoms with Crippen LogP contribution < -0.4 is 14.9 Å². The minimum Gasteiger partial charge on any atom is -0.497 e. The quantitative estimate of drug-likeness (QED) is 0.711. The standard InChI is InChI=1S/C20H21NO3/c1-4-21-16(14-9-7-6-8-10-14)13-19(24-5-2)20-17(21)11-15(23-3)12-18(20)22/h6-13H,4-5H2,1-3H3. The van der Waals surface area contributed by atoms with Gasteiger partial charge in [0.15, 0.2) is 5.43 Å². The number of aromatic nitrogens is 1. The highest BCUT2D eigenvalue weighted by atomic mass is 16.5. The van der Waals surface area contributed by atoms with Crippen LogP contribution in [0.5, 0.6) is 11.5 Å². The predicted molar refractivity (Wildman–Crippen MR) is 96.2 cm³/mol. The zero-order chi connectivity index (χ0) is 17.1. The highest BCUT2D eigenvalue weighted by Gasteiger charge is 2.21. The summed E-state index contributed by atoms with van der Waals surface area (Å²) < 4.78 is 13.2. The monoisotopic (exact) mass is 323 g/mol. The Bertz CT molecular complexity index is 868. The molecule has 124 valence electrons. The third kappa shape index (κ3) is 2.75. The van der Waals surface area contributed by atoms with Crippen molar-refractivity contribution in [2.24, 2.45) is 0 Å². The van der Waals surface area contributed by atoms with Crippen LogP contribution in [0.15, 0.2) is 53.3 Å². The molecule has 1 aromatic rings. The average molecular weight is 323 g/mol. The van der Waals surface area contributed by atoms with Crippen molar-refractivity contribution in [2.75, 3.05) is 13.7 Å². The van der Waals surface area contributed by atoms with Gasteiger partial charge in [0.1, 0.15) is 11.5 Å². The van der Waals surface area contributed by atoms with Crippen molar-refractivity contribution in [2.45, 2.75) is 20.4 Å². The maximum absolute atomic E-state index is 12.6. The number of hydrogen-bond donors (Lipinski definition) is 0. The minimum absolute atomic E-state index is 0.0883. The first-order valence-corrected chi connectivity index (χ1v) is 8.13. The van der Waals surface area contributed by atoms with Crippen LogP contribution in [0.2, 0.25) is 0 Å². The van der Waals surface area contributed by atoms with Gasteiger partial charge in [-0.3, -0.25) is 4.79 Å². The Hall–Kier alpha value is -2.75. The molecular weight excluding hydrogens is 302 g/mol. The molecule has 0 saturated heterocycles. The number of rotatable bonds is 5. The van der Waals surface area contributed by atoms with E-state index >= 15 is 0 Å². The fourth-order valence-electron chi connectivity index (χ4n) is 3.02. The molecule has 0 N–H and O–H groups in total. The number of methoxy groups -OCH3 is 1. The maximum atomic E-state index is 12.6. The molecule has 4 nitrogen and oxygen atoms in total. The molecule has 0 aromatic heterocycles. The van der Waals surface area contributed by atoms with Gasteiger partial charge in [-0.15, -0.1) is 0 Å². The highest BCUT2D eigenvalue weighted by molar-refractivity contribution is 5.77. The van der Waals surface area contributed by atoms with E-state index in [2.05, 4.69) is 23.6 Å². The molecule has 0 atom stereocenters. The number of hydrogen-bond acceptors (Lipinski definition) is 3. The predicted octanol–water partition coefficient (Wildman–Crippen LogP) is 4.05. The van der Waals surface area contributed by atoms with Gasteiger partial charge in [0.25, 0.3) is 0 Å². The second-order valence-corrected chi connectivity index (χ2v) is 5.46. The molecule has 0 saturated carbocycles. The number of pyridine rings is 1. The third-order valence-electron chi connectivity index (χ3n) is 4.07. The number of ether oxygens (including phenoxy) is 2. The van der Waals surface area contributed by atoms with Crippen molar-refractivity contribution in [1.82, 2.24) is 4.57 Å². The van der Waals surface area contributed by atoms with Gasteiger partial charge in [-0.2, -0.15) is 0 Å². The van der Waals surface area contributed by atoms with E-state index in [1.807, 2.05) is 37.3 Å². The molecule has 3 rings (SSSR count). The lowest BCUT2D eigenvalue weighted by Gasteiger charge is -2.22. The van der Waals surface area contributed by atoms with E-state index in [-0.39, 0.29) is 5.43 Å². The van der Waals surface area contributed by atoms with E-state index in [1.165, 1.54) is 6.07 Å². The Morgan fingerprint density at radius 2 is 1.75 bits per heavy atom. The van der Waals surface area contributed by atoms with Crippen LogP contribution in [0.25, 0.3) is 22.5 Å². The summed E-state index contributed by atoms with van der Waals surface area (Å²) in [6.45, 7) is 5.23. The average Bonchev–Trinajstić information content (AvgIpc) is 2.61. The molecule has 4 heteroatoms. The van der Waals surface area contributed by atoms with Crippen LogP contribution >= 0.6 is 0 Å². The summed E-state index contributed by atoms with van der Waals surface area (Å²) in [5.41, 5.74) is 3.43. The smallest absolute Gasteiger partial charge is 0.195 e. The highest BCUT2D eigenvalue weighted by Crippen LogP contribution is 2.37. The van der Waals surface area contributed by atoms with Crippen molar-refractivity contribution in [1.29, 1.82) is 0 Å². The summed E-state index contributed by atoms with van der Waals surface area (Å²) in [5, 5.41) is 0. The van der Waals surface area contributed by atoms with E-state index in [4.69, 9.17) is 9.47 Å². The largest absolute Gasteiger partial charge is 0.497 e. The first kappa shape index (κ1) is 16.1. The van der Waals surface area contributed by atoms with Crippen LogP contribution in [0.3, 0.4) is 0 Å². The fraction of sp³-hybridized carbons (Fsp3) is 0.250. The molecule has 2 aliphatic rings. The van der Waals surface area contributed by atoms with Gasteiger partial charge in [0, 0.05) is 24.7 Å². The van der Waals surface area contributed by atoms with Crippen LogP contribution in [0.4, 0.5) is 0 Å². The summed E-state index contributed by atoms with van der Waals surface area (Å²) in [4.78, 5) is 12.6. The Morgan fingerprint density at radius 3 is 2.38 bits per heavy atom. The topological polar surface area (TPSA) is 40.5 Å². The summed E-state index contributed by atoms with van der Waals surface area (Å²) >= 11 is 0. The molecule has 0 bridgehead atoms. The minimum atomic E-state index is -0.0883. The van der Waals surface area contributed by atoms with E-state index in [1.54, 1.807) is 7.11 Å². The second kappa shape index (κ2) is 6.79. The Morgan fingerprint density at radius 1 is 1.00 bits per heavy atom. The van der Waals surface area contributed by atoms with Gasteiger partial charge in [-0.25, -0.2) is 0 Å². The molecule has 1 aliphatic carbocycles. The van der Waals surface area contributed by atoms with Gasteiger partial charge < -0.3 is 14.0 Å². The lowest BCUT2D eigenvalue weighted by molar-refractivity contribution is 0.340. The Kier molecular flexibility index (Phi) is 4.56. The molecule has 1 aromatic carbocycles. The first-order valence-electron chi connectivity index (χ1n) is 8.13. The molecule has 1 heterocycles. The van der Waals surface area contributed by atoms with Crippen molar-refractivity contribution >= 4 is 0 Å². The molecule has 0 amide bonds. The van der Waals surface area contributed by atoms with Crippen molar-refractivity contribution in [3.8, 4) is 34.0 Å². The maximum Gasteiger partial charge on any atom is 0.195 e. The van der Waals surface area contributed by atoms with Gasteiger partial charge in [-0.05, 0) is 19.4 Å². The molecule has 0 unspecified atom stereocenters. The fourth-order valence-corrected chi connectivity index (χ4v) is 3.02. The molecule has 0 spiro atoms. The lowest BCUT2D eigenvalue weighted by Crippen LogP contribution is -2.15. The van der Waals surface area contributed by atoms with Crippen LogP contribution in [-0.2, 0) is 6.54 Å². The summed E-state index contributed by atoms with van der Waals surface area (Å²) in [6, 6.07) is 15.5. The zero-order valence-electron chi connectivity index (χ0n) is 14.2. The van der Waals surface area contributed by atoms with E-state index in [9.17, 15) is 4.79 Å². The van der Waals surface area contributed by atoms with Gasteiger partial charge in [-0.1, -0.05) is 30.3 Å². The first-order chi connectivity index (χ1) is 11.7. The van der Waals surface area contributed by atoms with Gasteiger partial charge in [0.2, 0.25) is 0 Å². The Labute approximate surface area is 141 Å². The molecule has 1 aliphatic heterocycles. The molecule has 0 radical (unpaired) electrons.